The summed E-state index contributed by atoms with van der Waals surface area (Å²) in [7, 11) is 0. The molecule has 0 spiro atoms. The largest absolute Gasteiger partial charge is 0.309 e. The Morgan fingerprint density at radius 2 is 1.43 bits per heavy atom. The van der Waals surface area contributed by atoms with Gasteiger partial charge in [-0.25, -0.2) is 0 Å². The molecule has 0 amide bonds. The fourth-order valence-corrected chi connectivity index (χ4v) is 6.03. The molecule has 7 rings (SSSR count). The van der Waals surface area contributed by atoms with Crippen LogP contribution in [0.15, 0.2) is 120 Å². The minimum Gasteiger partial charge on any atom is -0.309 e. The zero-order chi connectivity index (χ0) is 25.0. The van der Waals surface area contributed by atoms with Crippen molar-refractivity contribution in [2.75, 3.05) is 0 Å². The Hall–Kier alpha value is -4.43. The Bertz CT molecular complexity index is 1820. The molecular formula is C35H28N2. The molecule has 0 saturated heterocycles. The monoisotopic (exact) mass is 476 g/mol. The highest BCUT2D eigenvalue weighted by atomic mass is 15.0. The average molecular weight is 477 g/mol. The van der Waals surface area contributed by atoms with Crippen molar-refractivity contribution in [3.8, 4) is 16.8 Å². The number of aromatic nitrogens is 1. The summed E-state index contributed by atoms with van der Waals surface area (Å²) in [6, 6.07) is 41.6. The highest BCUT2D eigenvalue weighted by Crippen LogP contribution is 2.50. The summed E-state index contributed by atoms with van der Waals surface area (Å²) < 4.78 is 2.42. The summed E-state index contributed by atoms with van der Waals surface area (Å²) in [5.74, 6) is 0. The van der Waals surface area contributed by atoms with E-state index in [2.05, 4.69) is 128 Å². The van der Waals surface area contributed by atoms with Crippen LogP contribution in [0.25, 0.3) is 38.6 Å². The zero-order valence-electron chi connectivity index (χ0n) is 21.1. The second-order valence-corrected chi connectivity index (χ2v) is 10.5. The molecular weight excluding hydrogens is 448 g/mol. The molecule has 178 valence electrons. The van der Waals surface area contributed by atoms with E-state index in [0.717, 1.165) is 11.3 Å². The Morgan fingerprint density at radius 3 is 2.32 bits per heavy atom. The van der Waals surface area contributed by atoms with Gasteiger partial charge in [0.05, 0.1) is 17.6 Å². The van der Waals surface area contributed by atoms with E-state index in [1.807, 2.05) is 12.3 Å². The van der Waals surface area contributed by atoms with E-state index in [0.29, 0.717) is 6.54 Å². The first-order valence-corrected chi connectivity index (χ1v) is 12.9. The van der Waals surface area contributed by atoms with Crippen LogP contribution in [0, 0.1) is 0 Å². The lowest BCUT2D eigenvalue weighted by molar-refractivity contribution is 0.661. The van der Waals surface area contributed by atoms with Crippen molar-refractivity contribution in [2.45, 2.75) is 25.8 Å². The van der Waals surface area contributed by atoms with Crippen LogP contribution >= 0.6 is 0 Å². The number of benzene rings is 5. The number of para-hydroxylation sites is 1. The minimum absolute atomic E-state index is 0.0344. The third-order valence-electron chi connectivity index (χ3n) is 7.86. The number of fused-ring (bicyclic) bond motifs is 6. The van der Waals surface area contributed by atoms with Crippen LogP contribution < -0.4 is 0 Å². The molecule has 2 heteroatoms. The van der Waals surface area contributed by atoms with Crippen LogP contribution in [0.3, 0.4) is 0 Å². The van der Waals surface area contributed by atoms with Gasteiger partial charge in [-0.15, -0.1) is 0 Å². The van der Waals surface area contributed by atoms with Gasteiger partial charge in [-0.2, -0.15) is 0 Å². The van der Waals surface area contributed by atoms with Gasteiger partial charge in [0.1, 0.15) is 0 Å². The Balaban J connectivity index is 1.39. The van der Waals surface area contributed by atoms with Gasteiger partial charge >= 0.3 is 0 Å². The first kappa shape index (κ1) is 21.8. The molecule has 6 aromatic rings. The Kier molecular flexibility index (Phi) is 4.90. The summed E-state index contributed by atoms with van der Waals surface area (Å²) >= 11 is 0. The molecule has 0 saturated carbocycles. The maximum Gasteiger partial charge on any atom is 0.0639 e. The lowest BCUT2D eigenvalue weighted by Crippen LogP contribution is -2.14. The fraction of sp³-hybridized carbons (Fsp3) is 0.114. The van der Waals surface area contributed by atoms with Crippen LogP contribution in [0.5, 0.6) is 0 Å². The van der Waals surface area contributed by atoms with E-state index in [-0.39, 0.29) is 5.41 Å². The molecule has 0 aliphatic heterocycles. The number of hydrogen-bond acceptors (Lipinski definition) is 1. The smallest absolute Gasteiger partial charge is 0.0639 e. The molecule has 1 aliphatic carbocycles. The third-order valence-corrected chi connectivity index (χ3v) is 7.86. The van der Waals surface area contributed by atoms with Gasteiger partial charge in [-0.3, -0.25) is 4.99 Å². The van der Waals surface area contributed by atoms with Crippen LogP contribution in [-0.2, 0) is 12.0 Å². The normalized spacial score (nSPS) is 13.9. The summed E-state index contributed by atoms with van der Waals surface area (Å²) in [5, 5.41) is 2.58. The number of nitrogens with zero attached hydrogens (tertiary/aromatic N) is 2. The molecule has 1 aliphatic rings. The van der Waals surface area contributed by atoms with E-state index < -0.39 is 0 Å². The van der Waals surface area contributed by atoms with Crippen molar-refractivity contribution in [2.24, 2.45) is 4.99 Å². The maximum atomic E-state index is 4.71. The van der Waals surface area contributed by atoms with Gasteiger partial charge in [0.15, 0.2) is 0 Å². The van der Waals surface area contributed by atoms with Crippen LogP contribution in [0.1, 0.15) is 36.1 Å². The van der Waals surface area contributed by atoms with Crippen LogP contribution in [-0.4, -0.2) is 10.8 Å². The molecule has 5 aromatic carbocycles. The van der Waals surface area contributed by atoms with Gasteiger partial charge in [-0.05, 0) is 63.7 Å². The van der Waals surface area contributed by atoms with Crippen LogP contribution in [0.4, 0.5) is 0 Å². The summed E-state index contributed by atoms with van der Waals surface area (Å²) in [6.45, 7) is 5.38. The van der Waals surface area contributed by atoms with Gasteiger partial charge in [0.2, 0.25) is 0 Å². The zero-order valence-corrected chi connectivity index (χ0v) is 21.1. The van der Waals surface area contributed by atoms with E-state index in [1.165, 1.54) is 49.6 Å². The predicted molar refractivity (Wildman–Crippen MR) is 156 cm³/mol. The first-order chi connectivity index (χ1) is 18.1. The average Bonchev–Trinajstić information content (AvgIpc) is 3.37. The molecule has 1 aromatic heterocycles. The van der Waals surface area contributed by atoms with Crippen molar-refractivity contribution in [3.05, 3.63) is 138 Å². The SMILES string of the molecule is CC1(C)c2ccccc2-c2cc3c4ccccc4n(-c4cccc(C=NCc5ccccc5)c4)c3cc21. The van der Waals surface area contributed by atoms with Gasteiger partial charge < -0.3 is 4.57 Å². The first-order valence-electron chi connectivity index (χ1n) is 12.9. The maximum absolute atomic E-state index is 4.71. The van der Waals surface area contributed by atoms with Gasteiger partial charge in [0, 0.05) is 28.1 Å². The Morgan fingerprint density at radius 1 is 0.649 bits per heavy atom. The number of hydrogen-bond donors (Lipinski definition) is 0. The van der Waals surface area contributed by atoms with Gasteiger partial charge in [0.25, 0.3) is 0 Å². The fourth-order valence-electron chi connectivity index (χ4n) is 6.03. The Labute approximate surface area is 217 Å². The van der Waals surface area contributed by atoms with Crippen molar-refractivity contribution < 1.29 is 0 Å². The number of rotatable bonds is 4. The van der Waals surface area contributed by atoms with E-state index in [1.54, 1.807) is 0 Å². The molecule has 0 unspecified atom stereocenters. The summed E-state index contributed by atoms with van der Waals surface area (Å²) in [5.41, 5.74) is 11.4. The van der Waals surface area contributed by atoms with Crippen molar-refractivity contribution in [3.63, 3.8) is 0 Å². The van der Waals surface area contributed by atoms with Crippen molar-refractivity contribution in [1.82, 2.24) is 4.57 Å². The summed E-state index contributed by atoms with van der Waals surface area (Å²) in [4.78, 5) is 4.71. The molecule has 0 atom stereocenters. The minimum atomic E-state index is -0.0344. The van der Waals surface area contributed by atoms with E-state index in [9.17, 15) is 0 Å². The highest BCUT2D eigenvalue weighted by Gasteiger charge is 2.36. The second kappa shape index (κ2) is 8.31. The molecule has 1 heterocycles. The lowest BCUT2D eigenvalue weighted by Gasteiger charge is -2.21. The van der Waals surface area contributed by atoms with E-state index in [4.69, 9.17) is 4.99 Å². The van der Waals surface area contributed by atoms with Crippen LogP contribution in [0.2, 0.25) is 0 Å². The highest BCUT2D eigenvalue weighted by molar-refractivity contribution is 6.11. The topological polar surface area (TPSA) is 17.3 Å². The summed E-state index contributed by atoms with van der Waals surface area (Å²) in [6.07, 6.45) is 1.99. The third kappa shape index (κ3) is 3.44. The quantitative estimate of drug-likeness (QED) is 0.226. The molecule has 0 N–H and O–H groups in total. The molecule has 0 bridgehead atoms. The molecule has 0 fully saturated rings. The van der Waals surface area contributed by atoms with Crippen molar-refractivity contribution >= 4 is 28.0 Å². The van der Waals surface area contributed by atoms with Gasteiger partial charge in [-0.1, -0.05) is 98.8 Å². The number of aliphatic imine (C=N–C) groups is 1. The molecule has 2 nitrogen and oxygen atoms in total. The molecule has 37 heavy (non-hydrogen) atoms. The lowest BCUT2D eigenvalue weighted by atomic mass is 9.82. The molecule has 0 radical (unpaired) electrons. The standard InChI is InChI=1S/C35H28N2/c1-35(2)31-17-8-6-15-27(31)29-20-30-28-16-7-9-18-33(28)37(34(30)21-32(29)35)26-14-10-13-25(19-26)23-36-22-24-11-4-3-5-12-24/h3-21,23H,22H2,1-2H3. The predicted octanol–water partition coefficient (Wildman–Crippen LogP) is 8.71. The second-order valence-electron chi connectivity index (χ2n) is 10.5. The van der Waals surface area contributed by atoms with Crippen molar-refractivity contribution in [1.29, 1.82) is 0 Å². The van der Waals surface area contributed by atoms with E-state index >= 15 is 0 Å².